The van der Waals surface area contributed by atoms with E-state index in [4.69, 9.17) is 4.42 Å². The van der Waals surface area contributed by atoms with Crippen molar-refractivity contribution in [1.29, 1.82) is 0 Å². The number of fused-ring (bicyclic) bond motifs is 5. The van der Waals surface area contributed by atoms with Crippen LogP contribution in [0.15, 0.2) is 28.7 Å². The van der Waals surface area contributed by atoms with E-state index in [0.717, 1.165) is 5.56 Å². The molecule has 1 aromatic heterocycles. The molecule has 2 aromatic rings. The SMILES string of the molecule is COC(=O)CN1CCc2c(oc3c2C(=O)C(=O)c2ccccc2-3)C1.Cl. The number of esters is 1. The normalized spacial score (nSPS) is 15.7. The predicted octanol–water partition coefficient (Wildman–Crippen LogP) is 2.28. The Morgan fingerprint density at radius 2 is 1.92 bits per heavy atom. The molecule has 1 aromatic carbocycles. The molecule has 0 N–H and O–H groups in total. The molecule has 0 spiro atoms. The Bertz CT molecular complexity index is 886. The van der Waals surface area contributed by atoms with Gasteiger partial charge in [0.2, 0.25) is 11.6 Å². The minimum Gasteiger partial charge on any atom is -0.468 e. The minimum atomic E-state index is -0.505. The van der Waals surface area contributed by atoms with Crippen molar-refractivity contribution in [2.24, 2.45) is 0 Å². The maximum Gasteiger partial charge on any atom is 0.319 e. The molecule has 0 radical (unpaired) electrons. The van der Waals surface area contributed by atoms with Crippen molar-refractivity contribution in [3.8, 4) is 11.3 Å². The first-order valence-corrected chi connectivity index (χ1v) is 7.72. The second-order valence-electron chi connectivity index (χ2n) is 5.95. The van der Waals surface area contributed by atoms with Crippen LogP contribution in [-0.4, -0.2) is 42.6 Å². The number of ether oxygens (including phenoxy) is 1. The highest BCUT2D eigenvalue weighted by atomic mass is 35.5. The maximum absolute atomic E-state index is 12.5. The van der Waals surface area contributed by atoms with Crippen LogP contribution in [0.1, 0.15) is 32.0 Å². The number of methoxy groups -OCH3 is 1. The Labute approximate surface area is 150 Å². The molecule has 0 bridgehead atoms. The summed E-state index contributed by atoms with van der Waals surface area (Å²) in [7, 11) is 1.35. The first kappa shape index (κ1) is 17.4. The lowest BCUT2D eigenvalue weighted by Gasteiger charge is -2.24. The fraction of sp³-hybridized carbons (Fsp3) is 0.278. The van der Waals surface area contributed by atoms with Gasteiger partial charge < -0.3 is 9.15 Å². The number of hydrogen-bond donors (Lipinski definition) is 0. The maximum atomic E-state index is 12.5. The van der Waals surface area contributed by atoms with E-state index in [1.807, 2.05) is 11.0 Å². The first-order valence-electron chi connectivity index (χ1n) is 7.72. The van der Waals surface area contributed by atoms with Crippen LogP contribution in [0.25, 0.3) is 11.3 Å². The Morgan fingerprint density at radius 1 is 1.20 bits per heavy atom. The van der Waals surface area contributed by atoms with Crippen LogP contribution in [0.4, 0.5) is 0 Å². The number of halogens is 1. The fourth-order valence-corrected chi connectivity index (χ4v) is 3.38. The number of Topliss-reactive ketones (excluding diaryl/α,β-unsaturated/α-hetero) is 2. The van der Waals surface area contributed by atoms with Gasteiger partial charge in [0, 0.05) is 23.2 Å². The third-order valence-corrected chi connectivity index (χ3v) is 4.57. The molecule has 0 fully saturated rings. The summed E-state index contributed by atoms with van der Waals surface area (Å²) < 4.78 is 10.6. The zero-order chi connectivity index (χ0) is 16.8. The van der Waals surface area contributed by atoms with Crippen LogP contribution in [-0.2, 0) is 22.5 Å². The van der Waals surface area contributed by atoms with E-state index in [1.54, 1.807) is 18.2 Å². The number of nitrogens with zero attached hydrogens (tertiary/aromatic N) is 1. The molecule has 4 rings (SSSR count). The van der Waals surface area contributed by atoms with E-state index < -0.39 is 11.6 Å². The highest BCUT2D eigenvalue weighted by Gasteiger charge is 2.38. The topological polar surface area (TPSA) is 76.8 Å². The molecule has 2 heterocycles. The summed E-state index contributed by atoms with van der Waals surface area (Å²) in [6, 6.07) is 6.98. The molecule has 130 valence electrons. The summed E-state index contributed by atoms with van der Waals surface area (Å²) in [5.74, 6) is -0.187. The summed E-state index contributed by atoms with van der Waals surface area (Å²) in [6.45, 7) is 1.20. The molecular weight excluding hydrogens is 346 g/mol. The zero-order valence-corrected chi connectivity index (χ0v) is 14.4. The summed E-state index contributed by atoms with van der Waals surface area (Å²) in [4.78, 5) is 38.2. The first-order chi connectivity index (χ1) is 11.6. The lowest BCUT2D eigenvalue weighted by Crippen LogP contribution is -2.35. The van der Waals surface area contributed by atoms with Gasteiger partial charge in [-0.2, -0.15) is 0 Å². The van der Waals surface area contributed by atoms with Crippen molar-refractivity contribution in [3.05, 3.63) is 46.7 Å². The molecule has 0 unspecified atom stereocenters. The predicted molar refractivity (Wildman–Crippen MR) is 91.1 cm³/mol. The van der Waals surface area contributed by atoms with Gasteiger partial charge in [0.15, 0.2) is 0 Å². The van der Waals surface area contributed by atoms with Gasteiger partial charge in [-0.05, 0) is 6.42 Å². The Hall–Kier alpha value is -2.44. The van der Waals surface area contributed by atoms with Gasteiger partial charge in [-0.25, -0.2) is 0 Å². The second kappa shape index (κ2) is 6.46. The number of carbonyl (C=O) groups excluding carboxylic acids is 3. The van der Waals surface area contributed by atoms with Crippen molar-refractivity contribution in [3.63, 3.8) is 0 Å². The monoisotopic (exact) mass is 361 g/mol. The van der Waals surface area contributed by atoms with Gasteiger partial charge in [-0.15, -0.1) is 12.4 Å². The molecule has 6 nitrogen and oxygen atoms in total. The highest BCUT2D eigenvalue weighted by molar-refractivity contribution is 6.53. The molecule has 0 atom stereocenters. The third-order valence-electron chi connectivity index (χ3n) is 4.57. The van der Waals surface area contributed by atoms with Crippen molar-refractivity contribution >= 4 is 29.9 Å². The molecule has 1 aliphatic heterocycles. The van der Waals surface area contributed by atoms with Crippen molar-refractivity contribution < 1.29 is 23.5 Å². The fourth-order valence-electron chi connectivity index (χ4n) is 3.38. The van der Waals surface area contributed by atoms with Crippen molar-refractivity contribution in [1.82, 2.24) is 4.90 Å². The summed E-state index contributed by atoms with van der Waals surface area (Å²) >= 11 is 0. The molecule has 0 amide bonds. The standard InChI is InChI=1S/C18H15NO5.ClH/c1-23-14(20)9-19-7-6-12-13(8-19)24-18-11-5-3-2-4-10(11)16(21)17(22)15(12)18;/h2-5H,6-9H2,1H3;1H. The van der Waals surface area contributed by atoms with Gasteiger partial charge in [0.1, 0.15) is 11.5 Å². The Morgan fingerprint density at radius 3 is 2.64 bits per heavy atom. The van der Waals surface area contributed by atoms with E-state index in [0.29, 0.717) is 47.7 Å². The average molecular weight is 362 g/mol. The summed E-state index contributed by atoms with van der Waals surface area (Å²) in [6.07, 6.45) is 0.562. The molecule has 1 aliphatic carbocycles. The molecule has 2 aliphatic rings. The summed E-state index contributed by atoms with van der Waals surface area (Å²) in [5, 5.41) is 0. The van der Waals surface area contributed by atoms with Crippen molar-refractivity contribution in [2.45, 2.75) is 13.0 Å². The van der Waals surface area contributed by atoms with Crippen LogP contribution < -0.4 is 0 Å². The van der Waals surface area contributed by atoms with E-state index in [1.165, 1.54) is 7.11 Å². The number of furan rings is 1. The molecule has 0 saturated carbocycles. The van der Waals surface area contributed by atoms with Crippen LogP contribution >= 0.6 is 12.4 Å². The largest absolute Gasteiger partial charge is 0.468 e. The highest BCUT2D eigenvalue weighted by Crippen LogP contribution is 2.40. The number of hydrogen-bond acceptors (Lipinski definition) is 6. The number of ketones is 2. The van der Waals surface area contributed by atoms with Crippen LogP contribution in [0.3, 0.4) is 0 Å². The molecular formula is C18H16ClNO5. The van der Waals surface area contributed by atoms with Gasteiger partial charge in [0.05, 0.1) is 25.8 Å². The minimum absolute atomic E-state index is 0. The second-order valence-corrected chi connectivity index (χ2v) is 5.95. The van der Waals surface area contributed by atoms with E-state index in [9.17, 15) is 14.4 Å². The number of carbonyl (C=O) groups is 3. The molecule has 25 heavy (non-hydrogen) atoms. The van der Waals surface area contributed by atoms with Gasteiger partial charge in [-0.1, -0.05) is 24.3 Å². The quantitative estimate of drug-likeness (QED) is 0.603. The van der Waals surface area contributed by atoms with Crippen LogP contribution in [0, 0.1) is 0 Å². The zero-order valence-electron chi connectivity index (χ0n) is 13.5. The lowest BCUT2D eigenvalue weighted by molar-refractivity contribution is -0.142. The van der Waals surface area contributed by atoms with E-state index >= 15 is 0 Å². The van der Waals surface area contributed by atoms with Crippen LogP contribution in [0.2, 0.25) is 0 Å². The van der Waals surface area contributed by atoms with Crippen molar-refractivity contribution in [2.75, 3.05) is 20.2 Å². The van der Waals surface area contributed by atoms with Gasteiger partial charge >= 0.3 is 5.97 Å². The smallest absolute Gasteiger partial charge is 0.319 e. The Kier molecular flexibility index (Phi) is 4.49. The van der Waals surface area contributed by atoms with Gasteiger partial charge in [-0.3, -0.25) is 19.3 Å². The summed E-state index contributed by atoms with van der Waals surface area (Å²) in [5.41, 5.74) is 2.23. The molecule has 7 heteroatoms. The third kappa shape index (κ3) is 2.67. The lowest BCUT2D eigenvalue weighted by atomic mass is 9.85. The average Bonchev–Trinajstić information content (AvgIpc) is 2.98. The van der Waals surface area contributed by atoms with E-state index in [2.05, 4.69) is 4.74 Å². The van der Waals surface area contributed by atoms with Gasteiger partial charge in [0.25, 0.3) is 0 Å². The number of rotatable bonds is 2. The number of benzene rings is 1. The molecule has 0 saturated heterocycles. The van der Waals surface area contributed by atoms with Crippen LogP contribution in [0.5, 0.6) is 0 Å². The van der Waals surface area contributed by atoms with E-state index in [-0.39, 0.29) is 24.9 Å². The Balaban J connectivity index is 0.00000182.